The zero-order valence-electron chi connectivity index (χ0n) is 14.2. The standard InChI is InChI=1S/C19H16F2N2O3/c1-3-25-14-7-5-13(6-8-14)22-19(24)17-11(2)26-23-18(17)15-9-4-12(20)10-16(15)21/h4-10H,3H2,1-2H3,(H,22,24). The number of aromatic nitrogens is 1. The second-order valence-electron chi connectivity index (χ2n) is 5.50. The summed E-state index contributed by atoms with van der Waals surface area (Å²) in [6, 6.07) is 9.85. The van der Waals surface area contributed by atoms with E-state index in [1.54, 1.807) is 31.2 Å². The summed E-state index contributed by atoms with van der Waals surface area (Å²) in [6.45, 7) is 3.96. The average Bonchev–Trinajstić information content (AvgIpc) is 2.98. The van der Waals surface area contributed by atoms with Crippen LogP contribution in [0.1, 0.15) is 23.0 Å². The Kier molecular flexibility index (Phi) is 4.97. The van der Waals surface area contributed by atoms with Crippen molar-refractivity contribution in [3.05, 3.63) is 65.4 Å². The molecular weight excluding hydrogens is 342 g/mol. The van der Waals surface area contributed by atoms with Gasteiger partial charge in [-0.3, -0.25) is 4.79 Å². The van der Waals surface area contributed by atoms with Crippen LogP contribution in [0.3, 0.4) is 0 Å². The predicted octanol–water partition coefficient (Wildman–Crippen LogP) is 4.58. The molecule has 2 aromatic carbocycles. The van der Waals surface area contributed by atoms with Crippen molar-refractivity contribution in [2.75, 3.05) is 11.9 Å². The van der Waals surface area contributed by atoms with Crippen LogP contribution in [0.25, 0.3) is 11.3 Å². The van der Waals surface area contributed by atoms with E-state index in [4.69, 9.17) is 9.26 Å². The van der Waals surface area contributed by atoms with Gasteiger partial charge in [-0.1, -0.05) is 5.16 Å². The number of aryl methyl sites for hydroxylation is 1. The highest BCUT2D eigenvalue weighted by atomic mass is 19.1. The number of rotatable bonds is 5. The van der Waals surface area contributed by atoms with Crippen LogP contribution in [-0.4, -0.2) is 17.7 Å². The van der Waals surface area contributed by atoms with Crippen molar-refractivity contribution in [1.82, 2.24) is 5.16 Å². The van der Waals surface area contributed by atoms with Gasteiger partial charge in [-0.2, -0.15) is 0 Å². The summed E-state index contributed by atoms with van der Waals surface area (Å²) < 4.78 is 37.6. The van der Waals surface area contributed by atoms with E-state index in [1.807, 2.05) is 6.92 Å². The molecule has 1 N–H and O–H groups in total. The average molecular weight is 358 g/mol. The van der Waals surface area contributed by atoms with Gasteiger partial charge in [0.2, 0.25) is 0 Å². The Morgan fingerprint density at radius 3 is 2.58 bits per heavy atom. The molecule has 0 spiro atoms. The third-order valence-electron chi connectivity index (χ3n) is 3.70. The van der Waals surface area contributed by atoms with E-state index < -0.39 is 17.5 Å². The molecule has 1 aromatic heterocycles. The number of amides is 1. The lowest BCUT2D eigenvalue weighted by Crippen LogP contribution is -2.13. The van der Waals surface area contributed by atoms with Gasteiger partial charge in [0.15, 0.2) is 0 Å². The van der Waals surface area contributed by atoms with Gasteiger partial charge in [-0.15, -0.1) is 0 Å². The second kappa shape index (κ2) is 7.35. The van der Waals surface area contributed by atoms with E-state index in [0.717, 1.165) is 12.1 Å². The van der Waals surface area contributed by atoms with Gasteiger partial charge in [0, 0.05) is 17.3 Å². The molecule has 0 unspecified atom stereocenters. The fourth-order valence-corrected chi connectivity index (χ4v) is 2.50. The normalized spacial score (nSPS) is 10.6. The molecule has 26 heavy (non-hydrogen) atoms. The number of anilines is 1. The summed E-state index contributed by atoms with van der Waals surface area (Å²) in [5.74, 6) is -1.14. The van der Waals surface area contributed by atoms with Gasteiger partial charge in [0.1, 0.15) is 34.4 Å². The number of carbonyl (C=O) groups excluding carboxylic acids is 1. The van der Waals surface area contributed by atoms with Crippen LogP contribution in [0.2, 0.25) is 0 Å². The third kappa shape index (κ3) is 3.56. The van der Waals surface area contributed by atoms with Crippen molar-refractivity contribution in [1.29, 1.82) is 0 Å². The maximum Gasteiger partial charge on any atom is 0.261 e. The number of benzene rings is 2. The van der Waals surface area contributed by atoms with Gasteiger partial charge < -0.3 is 14.6 Å². The van der Waals surface area contributed by atoms with Gasteiger partial charge in [-0.05, 0) is 50.2 Å². The van der Waals surface area contributed by atoms with Crippen LogP contribution in [0.4, 0.5) is 14.5 Å². The van der Waals surface area contributed by atoms with Crippen LogP contribution in [0.5, 0.6) is 5.75 Å². The van der Waals surface area contributed by atoms with Crippen molar-refractivity contribution < 1.29 is 22.8 Å². The summed E-state index contributed by atoms with van der Waals surface area (Å²) in [5, 5.41) is 6.46. The van der Waals surface area contributed by atoms with Crippen LogP contribution < -0.4 is 10.1 Å². The minimum absolute atomic E-state index is 0.0138. The number of nitrogens with one attached hydrogen (secondary N) is 1. The largest absolute Gasteiger partial charge is 0.494 e. The Morgan fingerprint density at radius 2 is 1.92 bits per heavy atom. The summed E-state index contributed by atoms with van der Waals surface area (Å²) in [4.78, 5) is 12.6. The first-order valence-electron chi connectivity index (χ1n) is 7.95. The van der Waals surface area contributed by atoms with Crippen molar-refractivity contribution in [3.8, 4) is 17.0 Å². The summed E-state index contributed by atoms with van der Waals surface area (Å²) in [6.07, 6.45) is 0. The van der Waals surface area contributed by atoms with E-state index in [0.29, 0.717) is 18.0 Å². The monoisotopic (exact) mass is 358 g/mol. The topological polar surface area (TPSA) is 64.4 Å². The molecule has 3 aromatic rings. The van der Waals surface area contributed by atoms with Crippen LogP contribution in [0, 0.1) is 18.6 Å². The number of halogens is 2. The molecule has 0 aliphatic heterocycles. The lowest BCUT2D eigenvalue weighted by atomic mass is 10.0. The van der Waals surface area contributed by atoms with E-state index in [1.165, 1.54) is 6.07 Å². The maximum atomic E-state index is 14.1. The lowest BCUT2D eigenvalue weighted by Gasteiger charge is -2.08. The van der Waals surface area contributed by atoms with E-state index in [2.05, 4.69) is 10.5 Å². The van der Waals surface area contributed by atoms with E-state index in [-0.39, 0.29) is 22.6 Å². The van der Waals surface area contributed by atoms with Gasteiger partial charge in [0.25, 0.3) is 5.91 Å². The molecule has 0 saturated heterocycles. The number of nitrogens with zero attached hydrogens (tertiary/aromatic N) is 1. The van der Waals surface area contributed by atoms with Crippen LogP contribution >= 0.6 is 0 Å². The molecule has 0 aliphatic rings. The van der Waals surface area contributed by atoms with E-state index >= 15 is 0 Å². The minimum Gasteiger partial charge on any atom is -0.494 e. The molecule has 7 heteroatoms. The quantitative estimate of drug-likeness (QED) is 0.725. The number of ether oxygens (including phenoxy) is 1. The zero-order chi connectivity index (χ0) is 18.7. The first kappa shape index (κ1) is 17.6. The first-order valence-corrected chi connectivity index (χ1v) is 7.95. The fourth-order valence-electron chi connectivity index (χ4n) is 2.50. The highest BCUT2D eigenvalue weighted by Gasteiger charge is 2.24. The summed E-state index contributed by atoms with van der Waals surface area (Å²) in [5.41, 5.74) is 0.623. The SMILES string of the molecule is CCOc1ccc(NC(=O)c2c(-c3ccc(F)cc3F)noc2C)cc1. The Hall–Kier alpha value is -3.22. The van der Waals surface area contributed by atoms with E-state index in [9.17, 15) is 13.6 Å². The smallest absolute Gasteiger partial charge is 0.261 e. The predicted molar refractivity (Wildman–Crippen MR) is 92.2 cm³/mol. The van der Waals surface area contributed by atoms with Crippen molar-refractivity contribution in [2.24, 2.45) is 0 Å². The number of carbonyl (C=O) groups is 1. The molecule has 0 saturated carbocycles. The molecule has 3 rings (SSSR count). The molecule has 0 bridgehead atoms. The third-order valence-corrected chi connectivity index (χ3v) is 3.70. The molecule has 1 heterocycles. The summed E-state index contributed by atoms with van der Waals surface area (Å²) >= 11 is 0. The molecule has 1 amide bonds. The zero-order valence-corrected chi connectivity index (χ0v) is 14.2. The Balaban J connectivity index is 1.89. The molecule has 0 aliphatic carbocycles. The van der Waals surface area contributed by atoms with Gasteiger partial charge in [0.05, 0.1) is 6.61 Å². The van der Waals surface area contributed by atoms with Crippen molar-refractivity contribution in [2.45, 2.75) is 13.8 Å². The fraction of sp³-hybridized carbons (Fsp3) is 0.158. The molecule has 0 radical (unpaired) electrons. The first-order chi connectivity index (χ1) is 12.5. The van der Waals surface area contributed by atoms with Gasteiger partial charge >= 0.3 is 0 Å². The molecule has 134 valence electrons. The molecule has 0 fully saturated rings. The highest BCUT2D eigenvalue weighted by Crippen LogP contribution is 2.29. The second-order valence-corrected chi connectivity index (χ2v) is 5.50. The van der Waals surface area contributed by atoms with Crippen molar-refractivity contribution >= 4 is 11.6 Å². The number of hydrogen-bond acceptors (Lipinski definition) is 4. The van der Waals surface area contributed by atoms with Crippen LogP contribution in [0.15, 0.2) is 47.0 Å². The Bertz CT molecular complexity index is 936. The minimum atomic E-state index is -0.826. The highest BCUT2D eigenvalue weighted by molar-refractivity contribution is 6.08. The maximum absolute atomic E-state index is 14.1. The van der Waals surface area contributed by atoms with Crippen molar-refractivity contribution in [3.63, 3.8) is 0 Å². The number of hydrogen-bond donors (Lipinski definition) is 1. The molecule has 0 atom stereocenters. The Morgan fingerprint density at radius 1 is 1.19 bits per heavy atom. The molecule has 5 nitrogen and oxygen atoms in total. The van der Waals surface area contributed by atoms with Crippen LogP contribution in [-0.2, 0) is 0 Å². The Labute approximate surface area is 148 Å². The lowest BCUT2D eigenvalue weighted by molar-refractivity contribution is 0.102. The van der Waals surface area contributed by atoms with Gasteiger partial charge in [-0.25, -0.2) is 8.78 Å². The molecular formula is C19H16F2N2O3. The summed E-state index contributed by atoms with van der Waals surface area (Å²) in [7, 11) is 0.